The molecular formula is C42H45BrCl2N2. The van der Waals surface area contributed by atoms with Crippen LogP contribution in [0.1, 0.15) is 79.0 Å². The Balaban J connectivity index is 1.86. The molecule has 0 N–H and O–H groups in total. The summed E-state index contributed by atoms with van der Waals surface area (Å²) in [6.07, 6.45) is 0. The predicted octanol–water partition coefficient (Wildman–Crippen LogP) is 14.6. The quantitative estimate of drug-likeness (QED) is 0.172. The summed E-state index contributed by atoms with van der Waals surface area (Å²) in [5.74, 6) is 0. The molecule has 5 rings (SSSR count). The monoisotopic (exact) mass is 726 g/mol. The highest BCUT2D eigenvalue weighted by molar-refractivity contribution is 9.10. The molecule has 0 spiro atoms. The van der Waals surface area contributed by atoms with Crippen LogP contribution in [0.25, 0.3) is 0 Å². The number of hydrogen-bond donors (Lipinski definition) is 0. The highest BCUT2D eigenvalue weighted by Crippen LogP contribution is 2.49. The third-order valence-electron chi connectivity index (χ3n) is 8.49. The van der Waals surface area contributed by atoms with Crippen molar-refractivity contribution in [2.75, 3.05) is 9.80 Å². The van der Waals surface area contributed by atoms with Gasteiger partial charge in [0.25, 0.3) is 0 Å². The van der Waals surface area contributed by atoms with E-state index in [0.717, 1.165) is 38.6 Å². The van der Waals surface area contributed by atoms with E-state index in [4.69, 9.17) is 23.2 Å². The molecule has 0 aromatic heterocycles. The van der Waals surface area contributed by atoms with Gasteiger partial charge in [-0.15, -0.1) is 0 Å². The van der Waals surface area contributed by atoms with Crippen LogP contribution >= 0.6 is 39.1 Å². The first-order chi connectivity index (χ1) is 21.9. The maximum atomic E-state index is 6.42. The molecule has 0 radical (unpaired) electrons. The van der Waals surface area contributed by atoms with Gasteiger partial charge in [0.15, 0.2) is 0 Å². The smallest absolute Gasteiger partial charge is 0.0657 e. The van der Waals surface area contributed by atoms with Crippen molar-refractivity contribution in [2.45, 2.75) is 78.6 Å². The summed E-state index contributed by atoms with van der Waals surface area (Å²) < 4.78 is 0.970. The second-order valence-corrected chi connectivity index (χ2v) is 17.0. The van der Waals surface area contributed by atoms with E-state index in [1.54, 1.807) is 0 Å². The van der Waals surface area contributed by atoms with E-state index in [1.165, 1.54) is 16.7 Å². The number of nitrogens with zero attached hydrogens (tertiary/aromatic N) is 2. The summed E-state index contributed by atoms with van der Waals surface area (Å²) in [6, 6.07) is 38.5. The molecule has 0 aliphatic rings. The van der Waals surface area contributed by atoms with Crippen LogP contribution in [0.3, 0.4) is 0 Å². The Hall–Kier alpha value is -3.24. The number of anilines is 6. The molecule has 47 heavy (non-hydrogen) atoms. The highest BCUT2D eigenvalue weighted by atomic mass is 79.9. The van der Waals surface area contributed by atoms with Crippen LogP contribution in [0.2, 0.25) is 10.0 Å². The van der Waals surface area contributed by atoms with Crippen molar-refractivity contribution in [1.82, 2.24) is 0 Å². The topological polar surface area (TPSA) is 6.48 Å². The Morgan fingerprint density at radius 3 is 1.09 bits per heavy atom. The SMILES string of the molecule is CC(C)(C)c1cccc(N(c2ccc(Cl)cc2)c2cc(C(C)(C)C)cc(N(c3ccc(Cl)cc3)c3cccc(C(C)(C)C)c3)c2Br)c1. The van der Waals surface area contributed by atoms with Gasteiger partial charge in [0, 0.05) is 32.8 Å². The minimum Gasteiger partial charge on any atom is -0.309 e. The first-order valence-corrected chi connectivity index (χ1v) is 17.6. The molecule has 0 saturated heterocycles. The fourth-order valence-electron chi connectivity index (χ4n) is 5.61. The van der Waals surface area contributed by atoms with E-state index in [9.17, 15) is 0 Å². The molecule has 0 heterocycles. The van der Waals surface area contributed by atoms with Crippen molar-refractivity contribution in [1.29, 1.82) is 0 Å². The lowest BCUT2D eigenvalue weighted by atomic mass is 9.85. The molecule has 0 bridgehead atoms. The molecule has 244 valence electrons. The molecule has 0 atom stereocenters. The van der Waals surface area contributed by atoms with E-state index in [-0.39, 0.29) is 16.2 Å². The summed E-state index contributed by atoms with van der Waals surface area (Å²) in [5.41, 5.74) is 9.83. The second-order valence-electron chi connectivity index (χ2n) is 15.3. The molecule has 2 nitrogen and oxygen atoms in total. The fraction of sp³-hybridized carbons (Fsp3) is 0.286. The van der Waals surface area contributed by atoms with E-state index in [0.29, 0.717) is 10.0 Å². The fourth-order valence-corrected chi connectivity index (χ4v) is 6.45. The van der Waals surface area contributed by atoms with Crippen LogP contribution in [0.15, 0.2) is 114 Å². The Kier molecular flexibility index (Phi) is 9.96. The lowest BCUT2D eigenvalue weighted by Crippen LogP contribution is -2.19. The standard InChI is InChI=1S/C42H45BrCl2N2/c1-40(2,3)28-12-10-14-35(24-28)46(33-20-16-31(44)17-21-33)37-26-30(42(7,8)9)27-38(39(37)43)47(34-22-18-32(45)19-23-34)36-15-11-13-29(25-36)41(4,5)6/h10-27H,1-9H3. The lowest BCUT2D eigenvalue weighted by molar-refractivity contribution is 0.590. The molecule has 0 aliphatic heterocycles. The van der Waals surface area contributed by atoms with Gasteiger partial charge >= 0.3 is 0 Å². The molecule has 5 aromatic rings. The van der Waals surface area contributed by atoms with Crippen LogP contribution in [0.5, 0.6) is 0 Å². The van der Waals surface area contributed by atoms with Crippen molar-refractivity contribution in [3.8, 4) is 0 Å². The maximum Gasteiger partial charge on any atom is 0.0657 e. The van der Waals surface area contributed by atoms with Crippen LogP contribution < -0.4 is 9.80 Å². The van der Waals surface area contributed by atoms with Gasteiger partial charge in [0.1, 0.15) is 0 Å². The van der Waals surface area contributed by atoms with Gasteiger partial charge in [0.2, 0.25) is 0 Å². The molecular weight excluding hydrogens is 683 g/mol. The zero-order valence-corrected chi connectivity index (χ0v) is 32.0. The predicted molar refractivity (Wildman–Crippen MR) is 210 cm³/mol. The van der Waals surface area contributed by atoms with Gasteiger partial charge in [-0.25, -0.2) is 0 Å². The summed E-state index contributed by atoms with van der Waals surface area (Å²) in [5, 5.41) is 1.40. The molecule has 0 fully saturated rings. The zero-order chi connectivity index (χ0) is 34.3. The van der Waals surface area contributed by atoms with E-state index in [1.807, 2.05) is 24.3 Å². The average Bonchev–Trinajstić information content (AvgIpc) is 3.00. The Morgan fingerprint density at radius 1 is 0.426 bits per heavy atom. The first kappa shape index (κ1) is 35.1. The summed E-state index contributed by atoms with van der Waals surface area (Å²) >= 11 is 17.0. The van der Waals surface area contributed by atoms with Crippen molar-refractivity contribution >= 4 is 73.3 Å². The van der Waals surface area contributed by atoms with Gasteiger partial charge in [-0.2, -0.15) is 0 Å². The molecule has 0 unspecified atom stereocenters. The normalized spacial score (nSPS) is 12.3. The summed E-state index contributed by atoms with van der Waals surface area (Å²) in [7, 11) is 0. The van der Waals surface area contributed by atoms with Crippen molar-refractivity contribution in [3.05, 3.63) is 140 Å². The largest absolute Gasteiger partial charge is 0.309 e. The Labute approximate surface area is 300 Å². The van der Waals surface area contributed by atoms with Crippen LogP contribution in [-0.4, -0.2) is 0 Å². The van der Waals surface area contributed by atoms with Crippen LogP contribution in [0, 0.1) is 0 Å². The zero-order valence-electron chi connectivity index (χ0n) is 28.9. The van der Waals surface area contributed by atoms with Crippen LogP contribution in [0.4, 0.5) is 34.1 Å². The maximum absolute atomic E-state index is 6.42. The van der Waals surface area contributed by atoms with E-state index < -0.39 is 0 Å². The van der Waals surface area contributed by atoms with E-state index in [2.05, 4.69) is 173 Å². The number of hydrogen-bond acceptors (Lipinski definition) is 2. The third-order valence-corrected chi connectivity index (χ3v) is 9.81. The van der Waals surface area contributed by atoms with Gasteiger partial charge in [-0.05, 0) is 134 Å². The molecule has 5 aromatic carbocycles. The third kappa shape index (κ3) is 7.91. The molecule has 0 saturated carbocycles. The van der Waals surface area contributed by atoms with Gasteiger partial charge in [0.05, 0.1) is 15.8 Å². The van der Waals surface area contributed by atoms with Crippen molar-refractivity contribution < 1.29 is 0 Å². The van der Waals surface area contributed by atoms with Crippen molar-refractivity contribution in [2.24, 2.45) is 0 Å². The average molecular weight is 729 g/mol. The van der Waals surface area contributed by atoms with E-state index >= 15 is 0 Å². The second kappa shape index (κ2) is 13.3. The van der Waals surface area contributed by atoms with Crippen LogP contribution in [-0.2, 0) is 16.2 Å². The minimum atomic E-state index is -0.137. The Bertz CT molecular complexity index is 1730. The Morgan fingerprint density at radius 2 is 0.766 bits per heavy atom. The van der Waals surface area contributed by atoms with Gasteiger partial charge in [-0.1, -0.05) is 110 Å². The highest BCUT2D eigenvalue weighted by Gasteiger charge is 2.28. The van der Waals surface area contributed by atoms with Gasteiger partial charge in [-0.3, -0.25) is 0 Å². The molecule has 0 amide bonds. The minimum absolute atomic E-state index is 0.0131. The molecule has 0 aliphatic carbocycles. The number of halogens is 3. The van der Waals surface area contributed by atoms with Gasteiger partial charge < -0.3 is 9.80 Å². The first-order valence-electron chi connectivity index (χ1n) is 16.1. The lowest BCUT2D eigenvalue weighted by Gasteiger charge is -2.34. The summed E-state index contributed by atoms with van der Waals surface area (Å²) in [6.45, 7) is 20.3. The number of rotatable bonds is 6. The molecule has 5 heteroatoms. The number of benzene rings is 5. The van der Waals surface area contributed by atoms with Crippen molar-refractivity contribution in [3.63, 3.8) is 0 Å². The summed E-state index contributed by atoms with van der Waals surface area (Å²) in [4.78, 5) is 4.67.